The molecule has 0 spiro atoms. The zero-order chi connectivity index (χ0) is 22.0. The van der Waals surface area contributed by atoms with Gasteiger partial charge in [-0.15, -0.1) is 0 Å². The Morgan fingerprint density at radius 3 is 2.55 bits per heavy atom. The molecule has 31 heavy (non-hydrogen) atoms. The number of hydrogen-bond acceptors (Lipinski definition) is 7. The van der Waals surface area contributed by atoms with Crippen LogP contribution >= 0.6 is 11.6 Å². The van der Waals surface area contributed by atoms with Crippen molar-refractivity contribution < 1.29 is 34.6 Å². The van der Waals surface area contributed by atoms with Crippen LogP contribution in [0.3, 0.4) is 0 Å². The highest BCUT2D eigenvalue weighted by Gasteiger charge is 2.46. The van der Waals surface area contributed by atoms with Crippen molar-refractivity contribution in [3.63, 3.8) is 0 Å². The van der Waals surface area contributed by atoms with Crippen LogP contribution in [0, 0.1) is 0 Å². The summed E-state index contributed by atoms with van der Waals surface area (Å²) in [6, 6.07) is 13.1. The average molecular weight is 451 g/mol. The molecule has 2 aliphatic rings. The summed E-state index contributed by atoms with van der Waals surface area (Å²) in [5, 5.41) is 40.1. The van der Waals surface area contributed by atoms with E-state index in [4.69, 9.17) is 30.9 Å². The summed E-state index contributed by atoms with van der Waals surface area (Å²) in [5.74, 6) is 0.795. The fourth-order valence-corrected chi connectivity index (χ4v) is 4.20. The Balaban J connectivity index is 1.47. The molecule has 6 atom stereocenters. The van der Waals surface area contributed by atoms with E-state index in [1.807, 2.05) is 30.3 Å². The molecule has 2 unspecified atom stereocenters. The molecule has 0 bridgehead atoms. The molecule has 0 amide bonds. The predicted molar refractivity (Wildman–Crippen MR) is 113 cm³/mol. The minimum Gasteiger partial charge on any atom is -0.488 e. The Morgan fingerprint density at radius 1 is 1.10 bits per heavy atom. The summed E-state index contributed by atoms with van der Waals surface area (Å²) in [6.07, 6.45) is -4.15. The molecule has 8 heteroatoms. The van der Waals surface area contributed by atoms with Crippen molar-refractivity contribution in [3.05, 3.63) is 64.2 Å². The summed E-state index contributed by atoms with van der Waals surface area (Å²) < 4.78 is 16.9. The number of aliphatic hydroxyl groups is 4. The maximum atomic E-state index is 10.4. The molecule has 2 aliphatic heterocycles. The van der Waals surface area contributed by atoms with Crippen molar-refractivity contribution in [1.29, 1.82) is 0 Å². The standard InChI is InChI=1S/C23H27ClO7/c24-18-6-3-14(22-20(27)21(28)23(31-22)19(26)11-25)10-15(18)9-13-1-4-16(5-2-13)30-17-7-8-29-12-17/h1-6,10,17,19-23,25-28H,7-9,11-12H2/t17-,19?,20+,21+,22?,23+/m0/s1. The molecule has 0 radical (unpaired) electrons. The van der Waals surface area contributed by atoms with Gasteiger partial charge in [0.25, 0.3) is 0 Å². The van der Waals surface area contributed by atoms with Crippen LogP contribution in [0.4, 0.5) is 0 Å². The van der Waals surface area contributed by atoms with E-state index in [1.165, 1.54) is 0 Å². The van der Waals surface area contributed by atoms with Crippen LogP contribution in [0.5, 0.6) is 5.75 Å². The molecule has 4 N–H and O–H groups in total. The number of benzene rings is 2. The Labute approximate surface area is 185 Å². The lowest BCUT2D eigenvalue weighted by atomic mass is 9.96. The lowest BCUT2D eigenvalue weighted by Crippen LogP contribution is -2.40. The first-order valence-electron chi connectivity index (χ1n) is 10.4. The second-order valence-electron chi connectivity index (χ2n) is 8.03. The third-order valence-electron chi connectivity index (χ3n) is 5.77. The molecule has 0 saturated carbocycles. The molecular weight excluding hydrogens is 424 g/mol. The van der Waals surface area contributed by atoms with Crippen LogP contribution in [0.1, 0.15) is 29.2 Å². The topological polar surface area (TPSA) is 109 Å². The maximum Gasteiger partial charge on any atom is 0.124 e. The van der Waals surface area contributed by atoms with Gasteiger partial charge in [-0.3, -0.25) is 0 Å². The summed E-state index contributed by atoms with van der Waals surface area (Å²) in [5.41, 5.74) is 2.52. The van der Waals surface area contributed by atoms with Gasteiger partial charge < -0.3 is 34.6 Å². The normalized spacial score (nSPS) is 29.3. The van der Waals surface area contributed by atoms with Gasteiger partial charge in [0.2, 0.25) is 0 Å². The van der Waals surface area contributed by atoms with E-state index in [1.54, 1.807) is 12.1 Å². The molecule has 2 aromatic carbocycles. The Bertz CT molecular complexity index is 869. The average Bonchev–Trinajstić information content (AvgIpc) is 3.39. The fourth-order valence-electron chi connectivity index (χ4n) is 4.01. The minimum absolute atomic E-state index is 0.0957. The molecule has 2 aromatic rings. The van der Waals surface area contributed by atoms with Crippen LogP contribution in [-0.4, -0.2) is 70.8 Å². The summed E-state index contributed by atoms with van der Waals surface area (Å²) >= 11 is 6.40. The first-order valence-corrected chi connectivity index (χ1v) is 10.8. The number of ether oxygens (including phenoxy) is 3. The zero-order valence-electron chi connectivity index (χ0n) is 16.9. The van der Waals surface area contributed by atoms with E-state index < -0.39 is 37.1 Å². The second-order valence-corrected chi connectivity index (χ2v) is 8.43. The first-order chi connectivity index (χ1) is 15.0. The lowest BCUT2D eigenvalue weighted by molar-refractivity contribution is -0.0820. The molecular formula is C23H27ClO7. The van der Waals surface area contributed by atoms with Crippen molar-refractivity contribution in [2.45, 2.75) is 49.5 Å². The third-order valence-corrected chi connectivity index (χ3v) is 6.14. The molecule has 2 saturated heterocycles. The number of halogens is 1. The summed E-state index contributed by atoms with van der Waals surface area (Å²) in [4.78, 5) is 0. The maximum absolute atomic E-state index is 10.4. The van der Waals surface area contributed by atoms with E-state index >= 15 is 0 Å². The van der Waals surface area contributed by atoms with Crippen molar-refractivity contribution >= 4 is 11.6 Å². The van der Waals surface area contributed by atoms with Crippen LogP contribution in [0.15, 0.2) is 42.5 Å². The molecule has 4 rings (SSSR count). The van der Waals surface area contributed by atoms with Gasteiger partial charge >= 0.3 is 0 Å². The number of hydrogen-bond donors (Lipinski definition) is 4. The highest BCUT2D eigenvalue weighted by molar-refractivity contribution is 6.31. The number of rotatable bonds is 7. The molecule has 0 aliphatic carbocycles. The van der Waals surface area contributed by atoms with Crippen LogP contribution in [-0.2, 0) is 15.9 Å². The van der Waals surface area contributed by atoms with E-state index in [9.17, 15) is 15.3 Å². The monoisotopic (exact) mass is 450 g/mol. The van der Waals surface area contributed by atoms with Gasteiger partial charge in [0.1, 0.15) is 42.4 Å². The summed E-state index contributed by atoms with van der Waals surface area (Å²) in [6.45, 7) is 0.776. The van der Waals surface area contributed by atoms with Crippen molar-refractivity contribution in [3.8, 4) is 5.75 Å². The van der Waals surface area contributed by atoms with Crippen LogP contribution < -0.4 is 4.74 Å². The van der Waals surface area contributed by atoms with Gasteiger partial charge in [0.15, 0.2) is 0 Å². The fraction of sp³-hybridized carbons (Fsp3) is 0.478. The number of aliphatic hydroxyl groups excluding tert-OH is 4. The second kappa shape index (κ2) is 9.83. The molecule has 2 fully saturated rings. The van der Waals surface area contributed by atoms with E-state index in [0.717, 1.165) is 29.9 Å². The Morgan fingerprint density at radius 2 is 1.87 bits per heavy atom. The minimum atomic E-state index is -1.30. The largest absolute Gasteiger partial charge is 0.488 e. The third kappa shape index (κ3) is 5.04. The molecule has 0 aromatic heterocycles. The highest BCUT2D eigenvalue weighted by Crippen LogP contribution is 2.36. The Hall–Kier alpha value is -1.71. The molecule has 7 nitrogen and oxygen atoms in total. The van der Waals surface area contributed by atoms with Gasteiger partial charge in [-0.2, -0.15) is 0 Å². The Kier molecular flexibility index (Phi) is 7.13. The highest BCUT2D eigenvalue weighted by atomic mass is 35.5. The van der Waals surface area contributed by atoms with Crippen molar-refractivity contribution in [2.24, 2.45) is 0 Å². The van der Waals surface area contributed by atoms with Gasteiger partial charge in [0, 0.05) is 11.4 Å². The lowest BCUT2D eigenvalue weighted by Gasteiger charge is -2.19. The van der Waals surface area contributed by atoms with Crippen LogP contribution in [0.2, 0.25) is 5.02 Å². The van der Waals surface area contributed by atoms with Gasteiger partial charge in [-0.05, 0) is 41.3 Å². The predicted octanol–water partition coefficient (Wildman–Crippen LogP) is 1.61. The van der Waals surface area contributed by atoms with E-state index in [2.05, 4.69) is 0 Å². The SMILES string of the molecule is OCC(O)[C@H]1OC(c2ccc(Cl)c(Cc3ccc(O[C@H]4CCOC4)cc3)c2)[C@H](O)[C@H]1O. The quantitative estimate of drug-likeness (QED) is 0.507. The molecule has 2 heterocycles. The van der Waals surface area contributed by atoms with Crippen LogP contribution in [0.25, 0.3) is 0 Å². The molecule has 168 valence electrons. The van der Waals surface area contributed by atoms with Gasteiger partial charge in [-0.1, -0.05) is 35.9 Å². The van der Waals surface area contributed by atoms with Gasteiger partial charge in [-0.25, -0.2) is 0 Å². The first kappa shape index (κ1) is 22.5. The van der Waals surface area contributed by atoms with Crippen molar-refractivity contribution in [1.82, 2.24) is 0 Å². The van der Waals surface area contributed by atoms with Gasteiger partial charge in [0.05, 0.1) is 19.8 Å². The summed E-state index contributed by atoms with van der Waals surface area (Å²) in [7, 11) is 0. The van der Waals surface area contributed by atoms with E-state index in [0.29, 0.717) is 23.6 Å². The van der Waals surface area contributed by atoms with Crippen molar-refractivity contribution in [2.75, 3.05) is 19.8 Å². The smallest absolute Gasteiger partial charge is 0.124 e. The van der Waals surface area contributed by atoms with E-state index in [-0.39, 0.29) is 6.10 Å². The zero-order valence-corrected chi connectivity index (χ0v) is 17.7.